The van der Waals surface area contributed by atoms with Crippen molar-refractivity contribution in [3.63, 3.8) is 0 Å². The van der Waals surface area contributed by atoms with Gasteiger partial charge in [0.15, 0.2) is 9.84 Å². The van der Waals surface area contributed by atoms with Gasteiger partial charge in [0.05, 0.1) is 18.4 Å². The second kappa shape index (κ2) is 5.71. The first-order valence-electron chi connectivity index (χ1n) is 5.80. The monoisotopic (exact) mass is 285 g/mol. The lowest BCUT2D eigenvalue weighted by molar-refractivity contribution is -0.141. The van der Waals surface area contributed by atoms with E-state index in [-0.39, 0.29) is 23.8 Å². The van der Waals surface area contributed by atoms with E-state index in [1.165, 1.54) is 19.2 Å². The van der Waals surface area contributed by atoms with Crippen molar-refractivity contribution in [1.82, 2.24) is 0 Å². The molecule has 0 fully saturated rings. The van der Waals surface area contributed by atoms with E-state index < -0.39 is 15.3 Å². The highest BCUT2D eigenvalue weighted by Crippen LogP contribution is 2.28. The van der Waals surface area contributed by atoms with Crippen molar-refractivity contribution in [1.29, 1.82) is 0 Å². The van der Waals surface area contributed by atoms with Crippen molar-refractivity contribution in [2.75, 3.05) is 19.9 Å². The van der Waals surface area contributed by atoms with Gasteiger partial charge in [-0.15, -0.1) is 0 Å². The molecular weight excluding hydrogens is 266 g/mol. The fourth-order valence-corrected chi connectivity index (χ4v) is 2.42. The first-order chi connectivity index (χ1) is 8.73. The smallest absolute Gasteiger partial charge is 0.306 e. The van der Waals surface area contributed by atoms with Gasteiger partial charge >= 0.3 is 5.97 Å². The van der Waals surface area contributed by atoms with Gasteiger partial charge in [-0.2, -0.15) is 0 Å². The Hall–Kier alpha value is -1.40. The average Bonchev–Trinajstić information content (AvgIpc) is 2.37. The van der Waals surface area contributed by atoms with Gasteiger partial charge in [0.25, 0.3) is 0 Å². The summed E-state index contributed by atoms with van der Waals surface area (Å²) in [5, 5.41) is 0. The second-order valence-corrected chi connectivity index (χ2v) is 6.83. The standard InChI is InChI=1S/C13H19NO4S/c1-13(9-14,8-12(15)18-2)10-4-6-11(7-5-10)19(3,16)17/h4-7H,8-9,14H2,1-3H3. The fourth-order valence-electron chi connectivity index (χ4n) is 1.79. The molecule has 19 heavy (non-hydrogen) atoms. The van der Waals surface area contributed by atoms with Crippen LogP contribution < -0.4 is 5.73 Å². The van der Waals surface area contributed by atoms with Crippen molar-refractivity contribution in [3.8, 4) is 0 Å². The zero-order valence-electron chi connectivity index (χ0n) is 11.3. The van der Waals surface area contributed by atoms with Crippen LogP contribution in [0.5, 0.6) is 0 Å². The Bertz CT molecular complexity index is 551. The summed E-state index contributed by atoms with van der Waals surface area (Å²) in [7, 11) is -1.90. The van der Waals surface area contributed by atoms with Gasteiger partial charge in [-0.3, -0.25) is 4.79 Å². The minimum absolute atomic E-state index is 0.151. The minimum atomic E-state index is -3.22. The van der Waals surface area contributed by atoms with E-state index in [1.807, 2.05) is 6.92 Å². The van der Waals surface area contributed by atoms with E-state index in [0.29, 0.717) is 0 Å². The SMILES string of the molecule is COC(=O)CC(C)(CN)c1ccc(S(C)(=O)=O)cc1. The number of esters is 1. The number of carbonyl (C=O) groups excluding carboxylic acids is 1. The van der Waals surface area contributed by atoms with Crippen LogP contribution in [-0.4, -0.2) is 34.3 Å². The van der Waals surface area contributed by atoms with Crippen LogP contribution in [0, 0.1) is 0 Å². The molecule has 0 bridgehead atoms. The van der Waals surface area contributed by atoms with Crippen LogP contribution in [0.15, 0.2) is 29.2 Å². The highest BCUT2D eigenvalue weighted by molar-refractivity contribution is 7.90. The van der Waals surface area contributed by atoms with Crippen LogP contribution in [0.3, 0.4) is 0 Å². The Morgan fingerprint density at radius 3 is 2.21 bits per heavy atom. The third-order valence-electron chi connectivity index (χ3n) is 3.19. The van der Waals surface area contributed by atoms with Gasteiger partial charge in [0.2, 0.25) is 0 Å². The molecule has 0 spiro atoms. The van der Waals surface area contributed by atoms with Gasteiger partial charge in [0, 0.05) is 18.2 Å². The zero-order chi connectivity index (χ0) is 14.7. The molecule has 1 rings (SSSR count). The lowest BCUT2D eigenvalue weighted by atomic mass is 9.79. The van der Waals surface area contributed by atoms with Gasteiger partial charge in [-0.1, -0.05) is 19.1 Å². The predicted molar refractivity (Wildman–Crippen MR) is 72.6 cm³/mol. The molecule has 2 N–H and O–H groups in total. The fraction of sp³-hybridized carbons (Fsp3) is 0.462. The van der Waals surface area contributed by atoms with Crippen LogP contribution in [-0.2, 0) is 24.8 Å². The molecule has 106 valence electrons. The summed E-state index contributed by atoms with van der Waals surface area (Å²) in [6, 6.07) is 6.42. The van der Waals surface area contributed by atoms with Gasteiger partial charge in [-0.25, -0.2) is 8.42 Å². The summed E-state index contributed by atoms with van der Waals surface area (Å²) in [6.07, 6.45) is 1.30. The summed E-state index contributed by atoms with van der Waals surface area (Å²) in [5.74, 6) is -0.347. The maximum absolute atomic E-state index is 11.4. The van der Waals surface area contributed by atoms with Crippen molar-refractivity contribution >= 4 is 15.8 Å². The van der Waals surface area contributed by atoms with E-state index in [1.54, 1.807) is 12.1 Å². The molecule has 0 amide bonds. The largest absolute Gasteiger partial charge is 0.469 e. The molecule has 0 aromatic heterocycles. The second-order valence-electron chi connectivity index (χ2n) is 4.81. The lowest BCUT2D eigenvalue weighted by Crippen LogP contribution is -2.34. The number of nitrogens with two attached hydrogens (primary N) is 1. The molecule has 0 radical (unpaired) electrons. The van der Waals surface area contributed by atoms with Crippen LogP contribution in [0.1, 0.15) is 18.9 Å². The highest BCUT2D eigenvalue weighted by Gasteiger charge is 2.29. The maximum atomic E-state index is 11.4. The summed E-state index contributed by atoms with van der Waals surface area (Å²) in [4.78, 5) is 11.7. The molecule has 1 aromatic carbocycles. The van der Waals surface area contributed by atoms with E-state index in [0.717, 1.165) is 11.8 Å². The first kappa shape index (κ1) is 15.7. The van der Waals surface area contributed by atoms with E-state index in [4.69, 9.17) is 5.73 Å². The number of ether oxygens (including phenoxy) is 1. The molecule has 0 saturated heterocycles. The minimum Gasteiger partial charge on any atom is -0.469 e. The van der Waals surface area contributed by atoms with E-state index in [9.17, 15) is 13.2 Å². The molecule has 1 atom stereocenters. The zero-order valence-corrected chi connectivity index (χ0v) is 12.2. The van der Waals surface area contributed by atoms with Crippen LogP contribution in [0.4, 0.5) is 0 Å². The number of carbonyl (C=O) groups is 1. The molecule has 0 aliphatic heterocycles. The van der Waals surface area contributed by atoms with Gasteiger partial charge < -0.3 is 10.5 Å². The summed E-state index contributed by atoms with van der Waals surface area (Å²) < 4.78 is 27.4. The third-order valence-corrected chi connectivity index (χ3v) is 4.32. The van der Waals surface area contributed by atoms with Crippen molar-refractivity contribution < 1.29 is 17.9 Å². The number of sulfone groups is 1. The predicted octanol–water partition coefficient (Wildman–Crippen LogP) is 0.870. The molecule has 0 aliphatic carbocycles. The Morgan fingerprint density at radius 1 is 1.32 bits per heavy atom. The summed E-state index contributed by atoms with van der Waals surface area (Å²) in [6.45, 7) is 2.11. The number of hydrogen-bond donors (Lipinski definition) is 1. The van der Waals surface area contributed by atoms with Crippen molar-refractivity contribution in [3.05, 3.63) is 29.8 Å². The normalized spacial score (nSPS) is 14.7. The molecule has 0 heterocycles. The Balaban J connectivity index is 3.09. The van der Waals surface area contributed by atoms with E-state index in [2.05, 4.69) is 4.74 Å². The maximum Gasteiger partial charge on any atom is 0.306 e. The van der Waals surface area contributed by atoms with Gasteiger partial charge in [-0.05, 0) is 17.7 Å². The first-order valence-corrected chi connectivity index (χ1v) is 7.69. The molecular formula is C13H19NO4S. The highest BCUT2D eigenvalue weighted by atomic mass is 32.2. The van der Waals surface area contributed by atoms with Crippen LogP contribution >= 0.6 is 0 Å². The Labute approximate surface area is 113 Å². The number of hydrogen-bond acceptors (Lipinski definition) is 5. The lowest BCUT2D eigenvalue weighted by Gasteiger charge is -2.27. The third kappa shape index (κ3) is 3.78. The summed E-state index contributed by atoms with van der Waals surface area (Å²) >= 11 is 0. The Kier molecular flexibility index (Phi) is 4.70. The topological polar surface area (TPSA) is 86.5 Å². The number of rotatable bonds is 5. The van der Waals surface area contributed by atoms with Crippen LogP contribution in [0.2, 0.25) is 0 Å². The molecule has 0 aliphatic rings. The molecule has 5 nitrogen and oxygen atoms in total. The average molecular weight is 285 g/mol. The van der Waals surface area contributed by atoms with Crippen LogP contribution in [0.25, 0.3) is 0 Å². The molecule has 6 heteroatoms. The molecule has 1 aromatic rings. The van der Waals surface area contributed by atoms with Gasteiger partial charge in [0.1, 0.15) is 0 Å². The molecule has 0 saturated carbocycles. The molecule has 1 unspecified atom stereocenters. The number of methoxy groups -OCH3 is 1. The Morgan fingerprint density at radius 2 is 1.84 bits per heavy atom. The summed E-state index contributed by atoms with van der Waals surface area (Å²) in [5.41, 5.74) is 5.99. The quantitative estimate of drug-likeness (QED) is 0.811. The van der Waals surface area contributed by atoms with Crippen molar-refractivity contribution in [2.45, 2.75) is 23.7 Å². The number of benzene rings is 1. The van der Waals surface area contributed by atoms with E-state index >= 15 is 0 Å². The van der Waals surface area contributed by atoms with Crippen molar-refractivity contribution in [2.24, 2.45) is 5.73 Å².